The third-order valence-electron chi connectivity index (χ3n) is 4.61. The maximum atomic E-state index is 12.1. The van der Waals surface area contributed by atoms with Crippen LogP contribution in [0.4, 0.5) is 0 Å². The van der Waals surface area contributed by atoms with Crippen LogP contribution >= 0.6 is 0 Å². The Morgan fingerprint density at radius 2 is 1.90 bits per heavy atom. The molecule has 0 aliphatic heterocycles. The molecule has 5 nitrogen and oxygen atoms in total. The van der Waals surface area contributed by atoms with Crippen LogP contribution < -0.4 is 15.4 Å². The van der Waals surface area contributed by atoms with Crippen LogP contribution in [0.25, 0.3) is 0 Å². The normalized spacial score (nSPS) is 27.4. The molecule has 5 heteroatoms. The van der Waals surface area contributed by atoms with E-state index in [2.05, 4.69) is 10.9 Å². The van der Waals surface area contributed by atoms with E-state index in [0.29, 0.717) is 11.5 Å². The molecule has 2 N–H and O–H groups in total. The summed E-state index contributed by atoms with van der Waals surface area (Å²) in [5, 5.41) is 0. The fourth-order valence-corrected chi connectivity index (χ4v) is 3.50. The minimum Gasteiger partial charge on any atom is -0.273 e. The van der Waals surface area contributed by atoms with E-state index >= 15 is 0 Å². The molecular formula is C15H20N3O2+. The summed E-state index contributed by atoms with van der Waals surface area (Å²) in [6.45, 7) is 0. The van der Waals surface area contributed by atoms with Crippen LogP contribution in [0.5, 0.6) is 0 Å². The predicted molar refractivity (Wildman–Crippen MR) is 72.2 cm³/mol. The Labute approximate surface area is 118 Å². The van der Waals surface area contributed by atoms with Crippen LogP contribution in [0, 0.1) is 17.8 Å². The Morgan fingerprint density at radius 3 is 2.50 bits per heavy atom. The van der Waals surface area contributed by atoms with Crippen molar-refractivity contribution in [2.45, 2.75) is 25.7 Å². The zero-order valence-electron chi connectivity index (χ0n) is 11.6. The molecule has 2 fully saturated rings. The molecule has 1 aromatic heterocycles. The second kappa shape index (κ2) is 5.23. The summed E-state index contributed by atoms with van der Waals surface area (Å²) < 4.78 is 1.85. The number of hydrazine groups is 1. The summed E-state index contributed by atoms with van der Waals surface area (Å²) in [7, 11) is 1.89. The lowest BCUT2D eigenvalue weighted by Crippen LogP contribution is -2.45. The third kappa shape index (κ3) is 2.53. The van der Waals surface area contributed by atoms with E-state index in [4.69, 9.17) is 0 Å². The molecule has 2 bridgehead atoms. The maximum Gasteiger partial charge on any atom is 0.270 e. The number of rotatable bonds is 2. The predicted octanol–water partition coefficient (Wildman–Crippen LogP) is 0.708. The lowest BCUT2D eigenvalue weighted by Gasteiger charge is -2.20. The van der Waals surface area contributed by atoms with E-state index in [1.807, 2.05) is 11.6 Å². The number of fused-ring (bicyclic) bond motifs is 2. The van der Waals surface area contributed by atoms with Crippen molar-refractivity contribution < 1.29 is 14.2 Å². The molecule has 0 aromatic carbocycles. The number of hydrogen-bond donors (Lipinski definition) is 2. The first-order valence-corrected chi connectivity index (χ1v) is 7.19. The van der Waals surface area contributed by atoms with Crippen molar-refractivity contribution in [1.29, 1.82) is 0 Å². The van der Waals surface area contributed by atoms with Gasteiger partial charge in [-0.1, -0.05) is 6.42 Å². The van der Waals surface area contributed by atoms with Gasteiger partial charge in [-0.15, -0.1) is 0 Å². The third-order valence-corrected chi connectivity index (χ3v) is 4.61. The SMILES string of the molecule is C[n+]1ccc(C(=O)NNC(=O)C2CC3CCC2C3)cc1. The van der Waals surface area contributed by atoms with E-state index in [0.717, 1.165) is 18.8 Å². The fourth-order valence-electron chi connectivity index (χ4n) is 3.50. The Morgan fingerprint density at radius 1 is 1.15 bits per heavy atom. The van der Waals surface area contributed by atoms with Crippen molar-refractivity contribution in [3.8, 4) is 0 Å². The second-order valence-corrected chi connectivity index (χ2v) is 5.98. The number of nitrogens with one attached hydrogen (secondary N) is 2. The molecule has 3 rings (SSSR count). The van der Waals surface area contributed by atoms with Crippen LogP contribution in [0.3, 0.4) is 0 Å². The highest BCUT2D eigenvalue weighted by molar-refractivity contribution is 5.95. The Hall–Kier alpha value is -1.91. The van der Waals surface area contributed by atoms with E-state index in [1.54, 1.807) is 24.5 Å². The standard InChI is InChI=1S/C15H19N3O2/c1-18-6-4-11(5-7-18)14(19)16-17-15(20)13-9-10-2-3-12(13)8-10/h4-7,10,12-13,19H,2-3,8-9H2,1H3/p+1. The number of aromatic nitrogens is 1. The molecule has 0 spiro atoms. The van der Waals surface area contributed by atoms with Crippen LogP contribution in [0.15, 0.2) is 24.5 Å². The van der Waals surface area contributed by atoms with Gasteiger partial charge < -0.3 is 0 Å². The number of carbonyl (C=O) groups excluding carboxylic acids is 2. The monoisotopic (exact) mass is 274 g/mol. The number of hydrogen-bond acceptors (Lipinski definition) is 2. The minimum absolute atomic E-state index is 0.0352. The molecule has 2 saturated carbocycles. The Bertz CT molecular complexity index is 526. The number of carbonyl (C=O) groups is 2. The largest absolute Gasteiger partial charge is 0.273 e. The van der Waals surface area contributed by atoms with Gasteiger partial charge in [0.05, 0.1) is 5.56 Å². The quantitative estimate of drug-likeness (QED) is 0.616. The first-order valence-electron chi connectivity index (χ1n) is 7.19. The summed E-state index contributed by atoms with van der Waals surface area (Å²) in [4.78, 5) is 24.0. The average Bonchev–Trinajstić information content (AvgIpc) is 3.08. The number of amides is 2. The fraction of sp³-hybridized carbons (Fsp3) is 0.533. The molecule has 2 amide bonds. The summed E-state index contributed by atoms with van der Waals surface area (Å²) in [6.07, 6.45) is 8.18. The van der Waals surface area contributed by atoms with Crippen LogP contribution in [0.2, 0.25) is 0 Å². The Kier molecular flexibility index (Phi) is 3.42. The molecule has 1 heterocycles. The second-order valence-electron chi connectivity index (χ2n) is 5.98. The number of aryl methyl sites for hydroxylation is 1. The molecule has 0 radical (unpaired) electrons. The molecule has 0 saturated heterocycles. The smallest absolute Gasteiger partial charge is 0.270 e. The van der Waals surface area contributed by atoms with Gasteiger partial charge in [-0.25, -0.2) is 4.57 Å². The van der Waals surface area contributed by atoms with Crippen LogP contribution in [-0.4, -0.2) is 11.8 Å². The number of nitrogens with zero attached hydrogens (tertiary/aromatic N) is 1. The summed E-state index contributed by atoms with van der Waals surface area (Å²) >= 11 is 0. The highest BCUT2D eigenvalue weighted by Crippen LogP contribution is 2.48. The number of pyridine rings is 1. The first-order chi connectivity index (χ1) is 9.63. The molecule has 2 aliphatic rings. The van der Waals surface area contributed by atoms with Gasteiger partial charge in [-0.3, -0.25) is 20.4 Å². The van der Waals surface area contributed by atoms with E-state index in [-0.39, 0.29) is 17.7 Å². The molecule has 106 valence electrons. The Balaban J connectivity index is 1.53. The summed E-state index contributed by atoms with van der Waals surface area (Å²) in [5.74, 6) is 1.02. The molecular weight excluding hydrogens is 254 g/mol. The van der Waals surface area contributed by atoms with Gasteiger partial charge in [0.15, 0.2) is 12.4 Å². The minimum atomic E-state index is -0.276. The van der Waals surface area contributed by atoms with Crippen molar-refractivity contribution >= 4 is 11.8 Å². The van der Waals surface area contributed by atoms with Gasteiger partial charge in [0.2, 0.25) is 5.91 Å². The highest BCUT2D eigenvalue weighted by atomic mass is 16.2. The maximum absolute atomic E-state index is 12.1. The molecule has 1 aromatic rings. The van der Waals surface area contributed by atoms with Crippen molar-refractivity contribution in [2.75, 3.05) is 0 Å². The summed E-state index contributed by atoms with van der Waals surface area (Å²) in [5.41, 5.74) is 5.62. The molecule has 3 atom stereocenters. The molecule has 3 unspecified atom stereocenters. The topological polar surface area (TPSA) is 62.1 Å². The van der Waals surface area contributed by atoms with Gasteiger partial charge in [0.1, 0.15) is 7.05 Å². The van der Waals surface area contributed by atoms with E-state index in [1.165, 1.54) is 12.8 Å². The molecule has 2 aliphatic carbocycles. The van der Waals surface area contributed by atoms with Gasteiger partial charge in [0.25, 0.3) is 5.91 Å². The van der Waals surface area contributed by atoms with Crippen LogP contribution in [0.1, 0.15) is 36.0 Å². The van der Waals surface area contributed by atoms with E-state index in [9.17, 15) is 9.59 Å². The van der Waals surface area contributed by atoms with Crippen molar-refractivity contribution in [2.24, 2.45) is 24.8 Å². The van der Waals surface area contributed by atoms with Crippen molar-refractivity contribution in [3.05, 3.63) is 30.1 Å². The lowest BCUT2D eigenvalue weighted by molar-refractivity contribution is -0.671. The van der Waals surface area contributed by atoms with Crippen molar-refractivity contribution in [1.82, 2.24) is 10.9 Å². The van der Waals surface area contributed by atoms with Gasteiger partial charge in [-0.05, 0) is 31.1 Å². The summed E-state index contributed by atoms with van der Waals surface area (Å²) in [6, 6.07) is 3.44. The zero-order chi connectivity index (χ0) is 14.1. The van der Waals surface area contributed by atoms with Gasteiger partial charge in [0, 0.05) is 18.1 Å². The van der Waals surface area contributed by atoms with Gasteiger partial charge in [-0.2, -0.15) is 0 Å². The van der Waals surface area contributed by atoms with Crippen LogP contribution in [-0.2, 0) is 11.8 Å². The molecule has 20 heavy (non-hydrogen) atoms. The zero-order valence-corrected chi connectivity index (χ0v) is 11.6. The lowest BCUT2D eigenvalue weighted by atomic mass is 9.88. The highest BCUT2D eigenvalue weighted by Gasteiger charge is 2.43. The van der Waals surface area contributed by atoms with Crippen molar-refractivity contribution in [3.63, 3.8) is 0 Å². The van der Waals surface area contributed by atoms with E-state index < -0.39 is 0 Å². The average molecular weight is 274 g/mol. The first kappa shape index (κ1) is 13.1. The van der Waals surface area contributed by atoms with Gasteiger partial charge >= 0.3 is 0 Å².